The van der Waals surface area contributed by atoms with Gasteiger partial charge in [0, 0.05) is 43.9 Å². The molecule has 4 rings (SSSR count). The molecule has 32 heavy (non-hydrogen) atoms. The van der Waals surface area contributed by atoms with Gasteiger partial charge in [0.1, 0.15) is 12.4 Å². The van der Waals surface area contributed by atoms with Crippen LogP contribution in [-0.2, 0) is 19.6 Å². The van der Waals surface area contributed by atoms with Gasteiger partial charge >= 0.3 is 0 Å². The molecule has 0 unspecified atom stereocenters. The van der Waals surface area contributed by atoms with Gasteiger partial charge in [-0.25, -0.2) is 9.97 Å². The zero-order chi connectivity index (χ0) is 22.5. The maximum absolute atomic E-state index is 13.2. The molecular weight excluding hydrogens is 413 g/mol. The summed E-state index contributed by atoms with van der Waals surface area (Å²) in [5.74, 6) is 0.641. The van der Waals surface area contributed by atoms with Crippen molar-refractivity contribution in [2.75, 3.05) is 13.1 Å². The first-order chi connectivity index (χ1) is 15.5. The molecule has 1 aromatic carbocycles. The van der Waals surface area contributed by atoms with Crippen molar-refractivity contribution in [3.63, 3.8) is 0 Å². The summed E-state index contributed by atoms with van der Waals surface area (Å²) < 4.78 is 24.3. The van der Waals surface area contributed by atoms with E-state index < -0.39 is 12.1 Å². The van der Waals surface area contributed by atoms with Crippen LogP contribution in [0.4, 0.5) is 4.39 Å². The van der Waals surface area contributed by atoms with Gasteiger partial charge in [0.25, 0.3) is 0 Å². The maximum Gasteiger partial charge on any atom is 0.213 e. The topological polar surface area (TPSA) is 88.7 Å². The van der Waals surface area contributed by atoms with Crippen LogP contribution in [0.3, 0.4) is 0 Å². The molecule has 8 heteroatoms. The summed E-state index contributed by atoms with van der Waals surface area (Å²) in [6.45, 7) is 4.44. The highest BCUT2D eigenvalue weighted by Gasteiger charge is 2.22. The molecule has 0 bridgehead atoms. The third kappa shape index (κ3) is 5.38. The highest BCUT2D eigenvalue weighted by molar-refractivity contribution is 5.95. The van der Waals surface area contributed by atoms with Gasteiger partial charge in [0.15, 0.2) is 17.9 Å². The van der Waals surface area contributed by atoms with E-state index in [2.05, 4.69) is 27.9 Å². The van der Waals surface area contributed by atoms with Crippen LogP contribution in [0.2, 0.25) is 0 Å². The molecule has 0 radical (unpaired) electrons. The third-order valence-corrected chi connectivity index (χ3v) is 5.79. The van der Waals surface area contributed by atoms with Gasteiger partial charge in [-0.15, -0.1) is 0 Å². The second-order valence-corrected chi connectivity index (χ2v) is 8.05. The minimum Gasteiger partial charge on any atom is -0.485 e. The first-order valence-corrected chi connectivity index (χ1v) is 10.7. The van der Waals surface area contributed by atoms with Crippen LogP contribution >= 0.6 is 0 Å². The second kappa shape index (κ2) is 10.0. The summed E-state index contributed by atoms with van der Waals surface area (Å²) in [4.78, 5) is 21.8. The Kier molecular flexibility index (Phi) is 6.92. The number of halogens is 1. The fraction of sp³-hybridized carbons (Fsp3) is 0.375. The third-order valence-electron chi connectivity index (χ3n) is 5.79. The number of pyridine rings is 1. The average molecular weight is 439 g/mol. The van der Waals surface area contributed by atoms with Gasteiger partial charge in [0.05, 0.1) is 12.3 Å². The molecule has 0 amide bonds. The lowest BCUT2D eigenvalue weighted by molar-refractivity contribution is 0.0836. The summed E-state index contributed by atoms with van der Waals surface area (Å²) in [7, 11) is 0. The zero-order valence-electron chi connectivity index (χ0n) is 18.0. The molecule has 0 aliphatic carbocycles. The number of rotatable bonds is 9. The summed E-state index contributed by atoms with van der Waals surface area (Å²) in [5, 5.41) is 10.4. The molecule has 3 heterocycles. The summed E-state index contributed by atoms with van der Waals surface area (Å²) in [6, 6.07) is 6.66. The van der Waals surface area contributed by atoms with Crippen molar-refractivity contribution in [3.05, 3.63) is 77.0 Å². The van der Waals surface area contributed by atoms with E-state index in [9.17, 15) is 14.3 Å². The number of aliphatic hydroxyl groups is 1. The Morgan fingerprint density at radius 1 is 1.38 bits per heavy atom. The minimum absolute atomic E-state index is 0.167. The fourth-order valence-corrected chi connectivity index (χ4v) is 4.06. The number of β-amino-alcohol motifs (C(OH)–C–C–N with tert-alkyl or cyclic N) is 1. The number of hydrogen-bond donors (Lipinski definition) is 1. The number of aliphatic hydroxyl groups excluding tert-OH is 1. The molecule has 0 spiro atoms. The Hall–Kier alpha value is -3.10. The molecule has 2 aromatic heterocycles. The Labute approximate surface area is 185 Å². The van der Waals surface area contributed by atoms with E-state index in [1.807, 2.05) is 6.07 Å². The molecule has 7 nitrogen and oxygen atoms in total. The molecule has 0 fully saturated rings. The molecule has 1 atom stereocenters. The van der Waals surface area contributed by atoms with Gasteiger partial charge in [0.2, 0.25) is 5.95 Å². The van der Waals surface area contributed by atoms with Crippen molar-refractivity contribution in [2.45, 2.75) is 45.4 Å². The molecule has 3 aromatic rings. The number of aromatic nitrogens is 2. The van der Waals surface area contributed by atoms with Crippen molar-refractivity contribution < 1.29 is 23.4 Å². The predicted molar refractivity (Wildman–Crippen MR) is 115 cm³/mol. The van der Waals surface area contributed by atoms with E-state index in [-0.39, 0.29) is 17.8 Å². The smallest absolute Gasteiger partial charge is 0.213 e. The van der Waals surface area contributed by atoms with Crippen molar-refractivity contribution in [1.29, 1.82) is 0 Å². The SMILES string of the molecule is Cc1c(OCc2cnco2)ccc2c1CCN(C[C@@H](O)CCC(=O)c1ccnc(F)c1)C2. The van der Waals surface area contributed by atoms with Crippen LogP contribution in [0.15, 0.2) is 47.5 Å². The number of oxazole rings is 1. The van der Waals surface area contributed by atoms with Crippen LogP contribution in [0, 0.1) is 12.9 Å². The van der Waals surface area contributed by atoms with Crippen LogP contribution in [0.25, 0.3) is 0 Å². The maximum atomic E-state index is 13.2. The number of fused-ring (bicyclic) bond motifs is 1. The Balaban J connectivity index is 1.29. The summed E-state index contributed by atoms with van der Waals surface area (Å²) >= 11 is 0. The lowest BCUT2D eigenvalue weighted by atomic mass is 9.94. The van der Waals surface area contributed by atoms with Crippen molar-refractivity contribution in [3.8, 4) is 5.75 Å². The number of Topliss-reactive ketones (excluding diaryl/α,β-unsaturated/α-hetero) is 1. The second-order valence-electron chi connectivity index (χ2n) is 8.05. The molecular formula is C24H26FN3O4. The standard InChI is InChI=1S/C24H26FN3O4/c1-16-21-7-9-28(12-18(21)2-5-23(16)31-14-20-11-26-15-32-20)13-19(29)3-4-22(30)17-6-8-27-24(25)10-17/h2,5-6,8,10-11,15,19,29H,3-4,7,9,12-14H2,1H3/t19-/m0/s1. The predicted octanol–water partition coefficient (Wildman–Crippen LogP) is 3.48. The first-order valence-electron chi connectivity index (χ1n) is 10.7. The fourth-order valence-electron chi connectivity index (χ4n) is 4.06. The largest absolute Gasteiger partial charge is 0.485 e. The van der Waals surface area contributed by atoms with E-state index in [0.29, 0.717) is 25.3 Å². The van der Waals surface area contributed by atoms with Gasteiger partial charge in [-0.05, 0) is 48.6 Å². The van der Waals surface area contributed by atoms with Gasteiger partial charge in [-0.3, -0.25) is 9.69 Å². The molecule has 1 N–H and O–H groups in total. The number of ketones is 1. The molecule has 1 aliphatic rings. The number of benzene rings is 1. The molecule has 168 valence electrons. The monoisotopic (exact) mass is 439 g/mol. The van der Waals surface area contributed by atoms with Crippen LogP contribution in [0.1, 0.15) is 45.7 Å². The van der Waals surface area contributed by atoms with Crippen molar-refractivity contribution >= 4 is 5.78 Å². The van der Waals surface area contributed by atoms with Crippen molar-refractivity contribution in [1.82, 2.24) is 14.9 Å². The molecule has 1 aliphatic heterocycles. The summed E-state index contributed by atoms with van der Waals surface area (Å²) in [6.07, 6.45) is 5.03. The van der Waals surface area contributed by atoms with E-state index in [4.69, 9.17) is 9.15 Å². The van der Waals surface area contributed by atoms with Crippen LogP contribution in [-0.4, -0.2) is 45.0 Å². The Morgan fingerprint density at radius 3 is 3.03 bits per heavy atom. The number of ether oxygens (including phenoxy) is 1. The van der Waals surface area contributed by atoms with Crippen LogP contribution < -0.4 is 4.74 Å². The van der Waals surface area contributed by atoms with E-state index >= 15 is 0 Å². The van der Waals surface area contributed by atoms with Crippen LogP contribution in [0.5, 0.6) is 5.75 Å². The zero-order valence-corrected chi connectivity index (χ0v) is 18.0. The minimum atomic E-state index is -0.676. The lowest BCUT2D eigenvalue weighted by Gasteiger charge is -2.31. The van der Waals surface area contributed by atoms with E-state index in [0.717, 1.165) is 36.9 Å². The van der Waals surface area contributed by atoms with Gasteiger partial charge in [-0.1, -0.05) is 6.07 Å². The number of nitrogens with zero attached hydrogens (tertiary/aromatic N) is 3. The van der Waals surface area contributed by atoms with Crippen molar-refractivity contribution in [2.24, 2.45) is 0 Å². The highest BCUT2D eigenvalue weighted by atomic mass is 19.1. The van der Waals surface area contributed by atoms with E-state index in [1.54, 1.807) is 6.20 Å². The highest BCUT2D eigenvalue weighted by Crippen LogP contribution is 2.30. The number of carbonyl (C=O) groups excluding carboxylic acids is 1. The Bertz CT molecular complexity index is 1070. The summed E-state index contributed by atoms with van der Waals surface area (Å²) in [5.41, 5.74) is 3.91. The van der Waals surface area contributed by atoms with E-state index in [1.165, 1.54) is 29.8 Å². The Morgan fingerprint density at radius 2 is 2.25 bits per heavy atom. The quantitative estimate of drug-likeness (QED) is 0.403. The van der Waals surface area contributed by atoms with Gasteiger partial charge in [-0.2, -0.15) is 4.39 Å². The number of carbonyl (C=O) groups is 1. The number of hydrogen-bond acceptors (Lipinski definition) is 7. The van der Waals surface area contributed by atoms with Gasteiger partial charge < -0.3 is 14.3 Å². The average Bonchev–Trinajstić information content (AvgIpc) is 3.31. The lowest BCUT2D eigenvalue weighted by Crippen LogP contribution is -2.37. The molecule has 0 saturated carbocycles. The normalized spacial score (nSPS) is 14.7. The first kappa shape index (κ1) is 22.1. The molecule has 0 saturated heterocycles.